The summed E-state index contributed by atoms with van der Waals surface area (Å²) in [4.78, 5) is 19.2. The van der Waals surface area contributed by atoms with E-state index < -0.39 is 0 Å². The second kappa shape index (κ2) is 7.09. The molecule has 2 aromatic heterocycles. The van der Waals surface area contributed by atoms with Crippen LogP contribution in [0.1, 0.15) is 34.3 Å². The average molecular weight is 417 g/mol. The smallest absolute Gasteiger partial charge is 0.271 e. The molecule has 4 rings (SSSR count). The highest BCUT2D eigenvalue weighted by Crippen LogP contribution is 2.29. The van der Waals surface area contributed by atoms with E-state index in [1.807, 2.05) is 46.8 Å². The Bertz CT molecular complexity index is 860. The van der Waals surface area contributed by atoms with E-state index in [4.69, 9.17) is 0 Å². The summed E-state index contributed by atoms with van der Waals surface area (Å²) in [5.74, 6) is 0.351. The van der Waals surface area contributed by atoms with Crippen molar-refractivity contribution in [3.05, 3.63) is 57.1 Å². The van der Waals surface area contributed by atoms with E-state index in [1.165, 1.54) is 0 Å². The maximum atomic E-state index is 12.8. The van der Waals surface area contributed by atoms with E-state index in [0.29, 0.717) is 11.6 Å². The van der Waals surface area contributed by atoms with Crippen molar-refractivity contribution in [2.45, 2.75) is 18.8 Å². The number of thiazole rings is 1. The zero-order valence-corrected chi connectivity index (χ0v) is 15.9. The van der Waals surface area contributed by atoms with Gasteiger partial charge >= 0.3 is 0 Å². The molecule has 1 unspecified atom stereocenters. The van der Waals surface area contributed by atoms with Gasteiger partial charge in [0.05, 0.1) is 10.7 Å². The van der Waals surface area contributed by atoms with Gasteiger partial charge in [0.15, 0.2) is 0 Å². The lowest BCUT2D eigenvalue weighted by molar-refractivity contribution is 0.0701. The first-order valence-electron chi connectivity index (χ1n) is 8.21. The van der Waals surface area contributed by atoms with Crippen molar-refractivity contribution in [2.24, 2.45) is 0 Å². The van der Waals surface area contributed by atoms with Gasteiger partial charge in [0.1, 0.15) is 5.69 Å². The Hall–Kier alpha value is -1.99. The second-order valence-electron chi connectivity index (χ2n) is 6.13. The van der Waals surface area contributed by atoms with E-state index >= 15 is 0 Å². The molecule has 1 aliphatic rings. The molecule has 1 saturated heterocycles. The van der Waals surface area contributed by atoms with Crippen LogP contribution in [0.2, 0.25) is 0 Å². The normalized spacial score (nSPS) is 17.6. The van der Waals surface area contributed by atoms with Crippen molar-refractivity contribution in [1.29, 1.82) is 0 Å². The minimum atomic E-state index is 0.0112. The number of halogens is 1. The fourth-order valence-corrected chi connectivity index (χ4v) is 4.20. The number of benzene rings is 1. The Balaban J connectivity index is 1.50. The number of H-pyrrole nitrogens is 1. The first kappa shape index (κ1) is 16.5. The minimum Gasteiger partial charge on any atom is -0.337 e. The van der Waals surface area contributed by atoms with Crippen molar-refractivity contribution in [3.63, 3.8) is 0 Å². The third-order valence-corrected chi connectivity index (χ3v) is 5.92. The van der Waals surface area contributed by atoms with E-state index in [2.05, 4.69) is 31.1 Å². The number of carbonyl (C=O) groups excluding carboxylic acids is 1. The molecule has 1 atom stereocenters. The Kier molecular flexibility index (Phi) is 4.67. The molecule has 1 aromatic carbocycles. The monoisotopic (exact) mass is 416 g/mol. The molecule has 3 aromatic rings. The van der Waals surface area contributed by atoms with Crippen LogP contribution >= 0.6 is 27.3 Å². The maximum absolute atomic E-state index is 12.8. The summed E-state index contributed by atoms with van der Waals surface area (Å²) in [5.41, 5.74) is 2.31. The number of nitrogens with one attached hydrogen (secondary N) is 1. The quantitative estimate of drug-likeness (QED) is 0.691. The molecule has 0 spiro atoms. The second-order valence-corrected chi connectivity index (χ2v) is 7.98. The van der Waals surface area contributed by atoms with Gasteiger partial charge in [-0.25, -0.2) is 4.98 Å². The number of rotatable bonds is 3. The van der Waals surface area contributed by atoms with E-state index in [9.17, 15) is 4.79 Å². The lowest BCUT2D eigenvalue weighted by Gasteiger charge is -2.31. The van der Waals surface area contributed by atoms with Gasteiger partial charge in [0.2, 0.25) is 0 Å². The van der Waals surface area contributed by atoms with Gasteiger partial charge in [-0.1, -0.05) is 28.1 Å². The third-order valence-electron chi connectivity index (χ3n) is 4.46. The number of aromatic amines is 1. The highest BCUT2D eigenvalue weighted by molar-refractivity contribution is 9.10. The van der Waals surface area contributed by atoms with E-state index in [-0.39, 0.29) is 5.91 Å². The van der Waals surface area contributed by atoms with Crippen molar-refractivity contribution in [3.8, 4) is 11.3 Å². The molecule has 0 radical (unpaired) electrons. The molecule has 3 heterocycles. The SMILES string of the molecule is O=C(c1cc(-c2ccc(Br)cc2)n[nH]1)N1CCCC(c2nccs2)C1. The van der Waals surface area contributed by atoms with Gasteiger partial charge in [0, 0.05) is 40.6 Å². The molecule has 1 N–H and O–H groups in total. The van der Waals surface area contributed by atoms with Gasteiger partial charge in [-0.2, -0.15) is 5.10 Å². The Morgan fingerprint density at radius 3 is 2.92 bits per heavy atom. The molecule has 0 bridgehead atoms. The first-order chi connectivity index (χ1) is 12.2. The Morgan fingerprint density at radius 2 is 2.16 bits per heavy atom. The summed E-state index contributed by atoms with van der Waals surface area (Å²) in [6, 6.07) is 9.73. The van der Waals surface area contributed by atoms with Crippen LogP contribution in [-0.4, -0.2) is 39.1 Å². The summed E-state index contributed by atoms with van der Waals surface area (Å²) in [6.07, 6.45) is 3.92. The molecule has 1 aliphatic heterocycles. The zero-order chi connectivity index (χ0) is 17.2. The summed E-state index contributed by atoms with van der Waals surface area (Å²) in [5, 5.41) is 10.3. The lowest BCUT2D eigenvalue weighted by atomic mass is 9.98. The van der Waals surface area contributed by atoms with Crippen LogP contribution in [0.5, 0.6) is 0 Å². The summed E-state index contributed by atoms with van der Waals surface area (Å²) < 4.78 is 1.02. The number of aromatic nitrogens is 3. The predicted molar refractivity (Wildman–Crippen MR) is 102 cm³/mol. The van der Waals surface area contributed by atoms with Crippen LogP contribution in [0.25, 0.3) is 11.3 Å². The molecule has 7 heteroatoms. The van der Waals surface area contributed by atoms with Gasteiger partial charge in [-0.15, -0.1) is 11.3 Å². The Labute approximate surface area is 158 Å². The molecule has 0 aliphatic carbocycles. The number of hydrogen-bond acceptors (Lipinski definition) is 4. The Morgan fingerprint density at radius 1 is 1.32 bits per heavy atom. The van der Waals surface area contributed by atoms with Crippen LogP contribution in [0.15, 0.2) is 46.4 Å². The molecule has 128 valence electrons. The standard InChI is InChI=1S/C18H17BrN4OS/c19-14-5-3-12(4-6-14)15-10-16(22-21-15)18(24)23-8-1-2-13(11-23)17-20-7-9-25-17/h3-7,9-10,13H,1-2,8,11H2,(H,21,22). The predicted octanol–water partition coefficient (Wildman–Crippen LogP) is 4.32. The number of piperidine rings is 1. The highest BCUT2D eigenvalue weighted by Gasteiger charge is 2.27. The molecular weight excluding hydrogens is 400 g/mol. The summed E-state index contributed by atoms with van der Waals surface area (Å²) in [7, 11) is 0. The van der Waals surface area contributed by atoms with Crippen LogP contribution in [0.3, 0.4) is 0 Å². The third kappa shape index (κ3) is 3.52. The fourth-order valence-electron chi connectivity index (χ4n) is 3.17. The van der Waals surface area contributed by atoms with Crippen molar-refractivity contribution in [1.82, 2.24) is 20.1 Å². The largest absolute Gasteiger partial charge is 0.337 e. The maximum Gasteiger partial charge on any atom is 0.271 e. The zero-order valence-electron chi connectivity index (χ0n) is 13.5. The number of nitrogens with zero attached hydrogens (tertiary/aromatic N) is 3. The summed E-state index contributed by atoms with van der Waals surface area (Å²) >= 11 is 5.10. The number of carbonyl (C=O) groups is 1. The molecule has 1 amide bonds. The van der Waals surface area contributed by atoms with Crippen molar-refractivity contribution in [2.75, 3.05) is 13.1 Å². The van der Waals surface area contributed by atoms with Crippen molar-refractivity contribution < 1.29 is 4.79 Å². The molecular formula is C18H17BrN4OS. The topological polar surface area (TPSA) is 61.9 Å². The highest BCUT2D eigenvalue weighted by atomic mass is 79.9. The van der Waals surface area contributed by atoms with Crippen LogP contribution in [0, 0.1) is 0 Å². The van der Waals surface area contributed by atoms with Gasteiger partial charge in [0.25, 0.3) is 5.91 Å². The van der Waals surface area contributed by atoms with E-state index in [0.717, 1.165) is 46.7 Å². The number of likely N-dealkylation sites (tertiary alicyclic amines) is 1. The number of amides is 1. The van der Waals surface area contributed by atoms with Crippen LogP contribution < -0.4 is 0 Å². The molecule has 1 fully saturated rings. The lowest BCUT2D eigenvalue weighted by Crippen LogP contribution is -2.39. The van der Waals surface area contributed by atoms with Crippen LogP contribution in [-0.2, 0) is 0 Å². The molecule has 5 nitrogen and oxygen atoms in total. The summed E-state index contributed by atoms with van der Waals surface area (Å²) in [6.45, 7) is 1.51. The van der Waals surface area contributed by atoms with Crippen molar-refractivity contribution >= 4 is 33.2 Å². The fraction of sp³-hybridized carbons (Fsp3) is 0.278. The molecule has 25 heavy (non-hydrogen) atoms. The van der Waals surface area contributed by atoms with E-state index in [1.54, 1.807) is 11.3 Å². The average Bonchev–Trinajstić information content (AvgIpc) is 3.34. The minimum absolute atomic E-state index is 0.0112. The van der Waals surface area contributed by atoms with Gasteiger partial charge in [-0.3, -0.25) is 9.89 Å². The molecule has 0 saturated carbocycles. The first-order valence-corrected chi connectivity index (χ1v) is 9.88. The van der Waals surface area contributed by atoms with Gasteiger partial charge in [-0.05, 0) is 31.0 Å². The van der Waals surface area contributed by atoms with Gasteiger partial charge < -0.3 is 4.90 Å². The number of hydrogen-bond donors (Lipinski definition) is 1. The van der Waals surface area contributed by atoms with Crippen LogP contribution in [0.4, 0.5) is 0 Å².